The van der Waals surface area contributed by atoms with E-state index in [1.165, 1.54) is 11.8 Å². The molecule has 2 aliphatic heterocycles. The van der Waals surface area contributed by atoms with E-state index in [2.05, 4.69) is 16.7 Å². The largest absolute Gasteiger partial charge is 0.340 e. The molecule has 2 aromatic carbocycles. The second-order valence-corrected chi connectivity index (χ2v) is 9.12. The molecule has 2 atom stereocenters. The average molecular weight is 424 g/mol. The third-order valence-electron chi connectivity index (χ3n) is 5.45. The van der Waals surface area contributed by atoms with E-state index in [-0.39, 0.29) is 23.6 Å². The zero-order chi connectivity index (χ0) is 21.3. The van der Waals surface area contributed by atoms with E-state index in [0.717, 1.165) is 40.2 Å². The van der Waals surface area contributed by atoms with Crippen LogP contribution in [-0.2, 0) is 14.4 Å². The quantitative estimate of drug-likeness (QED) is 0.740. The van der Waals surface area contributed by atoms with Crippen molar-refractivity contribution < 1.29 is 14.4 Å². The van der Waals surface area contributed by atoms with Gasteiger partial charge in [0.25, 0.3) is 0 Å². The number of hydrogen-bond acceptors (Lipinski definition) is 4. The third kappa shape index (κ3) is 4.36. The summed E-state index contributed by atoms with van der Waals surface area (Å²) in [4.78, 5) is 41.0. The second kappa shape index (κ2) is 8.52. The van der Waals surface area contributed by atoms with Crippen LogP contribution >= 0.6 is 11.8 Å². The van der Waals surface area contributed by atoms with E-state index in [4.69, 9.17) is 0 Å². The van der Waals surface area contributed by atoms with Crippen LogP contribution in [-0.4, -0.2) is 41.0 Å². The van der Waals surface area contributed by atoms with Gasteiger partial charge in [0.05, 0.1) is 11.6 Å². The molecule has 3 amide bonds. The molecule has 0 unspecified atom stereocenters. The minimum atomic E-state index is -0.818. The Bertz CT molecular complexity index is 987. The second-order valence-electron chi connectivity index (χ2n) is 7.97. The number of rotatable bonds is 3. The molecule has 0 bridgehead atoms. The maximum absolute atomic E-state index is 13.1. The number of nitrogens with one attached hydrogen (secondary N) is 2. The first-order valence-electron chi connectivity index (χ1n) is 10.2. The lowest BCUT2D eigenvalue weighted by molar-refractivity contribution is -0.136. The molecule has 156 valence electrons. The third-order valence-corrected chi connectivity index (χ3v) is 6.71. The fourth-order valence-corrected chi connectivity index (χ4v) is 5.14. The summed E-state index contributed by atoms with van der Waals surface area (Å²) in [5.74, 6) is -0.891. The van der Waals surface area contributed by atoms with Crippen LogP contribution in [0.25, 0.3) is 0 Å². The van der Waals surface area contributed by atoms with Crippen molar-refractivity contribution in [3.05, 3.63) is 53.6 Å². The molecule has 7 heteroatoms. The van der Waals surface area contributed by atoms with E-state index in [1.54, 1.807) is 4.90 Å². The molecule has 4 rings (SSSR count). The van der Waals surface area contributed by atoms with Crippen molar-refractivity contribution >= 4 is 40.9 Å². The SMILES string of the molecule is Cc1cc(C)cc(NC(=O)[C@@H]2CCCN(C(=O)[C@H]3Sc4ccccc4NC3=O)C2)c1. The van der Waals surface area contributed by atoms with Crippen molar-refractivity contribution in [2.24, 2.45) is 5.92 Å². The van der Waals surface area contributed by atoms with Crippen LogP contribution in [0.3, 0.4) is 0 Å². The lowest BCUT2D eigenvalue weighted by Gasteiger charge is -2.35. The van der Waals surface area contributed by atoms with Gasteiger partial charge in [-0.25, -0.2) is 0 Å². The average Bonchev–Trinajstić information content (AvgIpc) is 2.72. The molecule has 0 radical (unpaired) electrons. The number of piperidine rings is 1. The van der Waals surface area contributed by atoms with Crippen molar-refractivity contribution in [2.45, 2.75) is 36.8 Å². The Morgan fingerprint density at radius 2 is 1.87 bits per heavy atom. The Balaban J connectivity index is 1.42. The van der Waals surface area contributed by atoms with Crippen LogP contribution in [0.2, 0.25) is 0 Å². The highest BCUT2D eigenvalue weighted by atomic mass is 32.2. The molecular weight excluding hydrogens is 398 g/mol. The summed E-state index contributed by atoms with van der Waals surface area (Å²) in [7, 11) is 0. The highest BCUT2D eigenvalue weighted by Crippen LogP contribution is 2.36. The number of thioether (sulfide) groups is 1. The van der Waals surface area contributed by atoms with Crippen LogP contribution in [0, 0.1) is 19.8 Å². The van der Waals surface area contributed by atoms with Crippen LogP contribution in [0.15, 0.2) is 47.4 Å². The Morgan fingerprint density at radius 3 is 2.63 bits per heavy atom. The molecule has 0 aliphatic carbocycles. The molecule has 1 fully saturated rings. The van der Waals surface area contributed by atoms with Crippen molar-refractivity contribution in [3.63, 3.8) is 0 Å². The van der Waals surface area contributed by atoms with Crippen LogP contribution in [0.1, 0.15) is 24.0 Å². The maximum Gasteiger partial charge on any atom is 0.247 e. The van der Waals surface area contributed by atoms with Gasteiger partial charge in [-0.3, -0.25) is 14.4 Å². The number of para-hydroxylation sites is 1. The molecule has 30 heavy (non-hydrogen) atoms. The molecule has 0 aromatic heterocycles. The molecule has 2 aliphatic rings. The predicted octanol–water partition coefficient (Wildman–Crippen LogP) is 3.59. The van der Waals surface area contributed by atoms with Crippen LogP contribution < -0.4 is 10.6 Å². The van der Waals surface area contributed by atoms with E-state index < -0.39 is 5.25 Å². The normalized spacial score (nSPS) is 20.9. The summed E-state index contributed by atoms with van der Waals surface area (Å²) in [6.45, 7) is 4.89. The number of nitrogens with zero attached hydrogens (tertiary/aromatic N) is 1. The molecule has 6 nitrogen and oxygen atoms in total. The van der Waals surface area contributed by atoms with Crippen molar-refractivity contribution in [2.75, 3.05) is 23.7 Å². The monoisotopic (exact) mass is 423 g/mol. The van der Waals surface area contributed by atoms with Crippen LogP contribution in [0.5, 0.6) is 0 Å². The van der Waals surface area contributed by atoms with Gasteiger partial charge in [-0.15, -0.1) is 11.8 Å². The van der Waals surface area contributed by atoms with Gasteiger partial charge in [0.15, 0.2) is 5.25 Å². The van der Waals surface area contributed by atoms with E-state index in [1.807, 2.05) is 50.2 Å². The summed E-state index contributed by atoms with van der Waals surface area (Å²) in [5, 5.41) is 4.99. The van der Waals surface area contributed by atoms with Gasteiger partial charge >= 0.3 is 0 Å². The number of fused-ring (bicyclic) bond motifs is 1. The van der Waals surface area contributed by atoms with E-state index >= 15 is 0 Å². The van der Waals surface area contributed by atoms with Gasteiger partial charge in [0.2, 0.25) is 17.7 Å². The van der Waals surface area contributed by atoms with Gasteiger partial charge in [-0.05, 0) is 62.1 Å². The van der Waals surface area contributed by atoms with Gasteiger partial charge in [0.1, 0.15) is 0 Å². The zero-order valence-electron chi connectivity index (χ0n) is 17.1. The number of likely N-dealkylation sites (tertiary alicyclic amines) is 1. The number of carbonyl (C=O) groups excluding carboxylic acids is 3. The van der Waals surface area contributed by atoms with Gasteiger partial charge < -0.3 is 15.5 Å². The Morgan fingerprint density at radius 1 is 1.13 bits per heavy atom. The first kappa shape index (κ1) is 20.5. The van der Waals surface area contributed by atoms with E-state index in [0.29, 0.717) is 13.1 Å². The molecule has 2 N–H and O–H groups in total. The lowest BCUT2D eigenvalue weighted by atomic mass is 9.96. The highest BCUT2D eigenvalue weighted by molar-refractivity contribution is 8.01. The molecule has 0 saturated carbocycles. The highest BCUT2D eigenvalue weighted by Gasteiger charge is 2.38. The Kier molecular flexibility index (Phi) is 5.81. The number of anilines is 2. The lowest BCUT2D eigenvalue weighted by Crippen LogP contribution is -2.50. The maximum atomic E-state index is 13.1. The molecule has 1 saturated heterocycles. The summed E-state index contributed by atoms with van der Waals surface area (Å²) in [6, 6.07) is 13.4. The Hall–Kier alpha value is -2.80. The van der Waals surface area contributed by atoms with Gasteiger partial charge in [0, 0.05) is 23.7 Å². The fraction of sp³-hybridized carbons (Fsp3) is 0.348. The smallest absolute Gasteiger partial charge is 0.247 e. The first-order chi connectivity index (χ1) is 14.4. The summed E-state index contributed by atoms with van der Waals surface area (Å²) in [5.41, 5.74) is 3.69. The van der Waals surface area contributed by atoms with Crippen molar-refractivity contribution in [3.8, 4) is 0 Å². The summed E-state index contributed by atoms with van der Waals surface area (Å²) >= 11 is 1.28. The first-order valence-corrected chi connectivity index (χ1v) is 11.0. The topological polar surface area (TPSA) is 78.5 Å². The predicted molar refractivity (Wildman–Crippen MR) is 119 cm³/mol. The minimum absolute atomic E-state index is 0.0800. The van der Waals surface area contributed by atoms with Crippen molar-refractivity contribution in [1.82, 2.24) is 4.90 Å². The summed E-state index contributed by atoms with van der Waals surface area (Å²) in [6.07, 6.45) is 1.47. The number of hydrogen-bond donors (Lipinski definition) is 2. The van der Waals surface area contributed by atoms with Gasteiger partial charge in [-0.2, -0.15) is 0 Å². The molecule has 2 aromatic rings. The number of benzene rings is 2. The molecular formula is C23H25N3O3S. The van der Waals surface area contributed by atoms with E-state index in [9.17, 15) is 14.4 Å². The van der Waals surface area contributed by atoms with Gasteiger partial charge in [-0.1, -0.05) is 18.2 Å². The number of amides is 3. The molecule has 2 heterocycles. The molecule has 0 spiro atoms. The minimum Gasteiger partial charge on any atom is -0.340 e. The number of aryl methyl sites for hydroxylation is 2. The fourth-order valence-electron chi connectivity index (χ4n) is 4.06. The van der Waals surface area contributed by atoms with Crippen LogP contribution in [0.4, 0.5) is 11.4 Å². The zero-order valence-corrected chi connectivity index (χ0v) is 17.9. The Labute approximate surface area is 180 Å². The number of carbonyl (C=O) groups is 3. The standard InChI is InChI=1S/C23H25N3O3S/c1-14-10-15(2)12-17(11-14)24-21(27)16-6-5-9-26(13-16)23(29)20-22(28)25-18-7-3-4-8-19(18)30-20/h3-4,7-8,10-12,16,20H,5-6,9,13H2,1-2H3,(H,24,27)(H,25,28)/t16-,20+/m1/s1. The summed E-state index contributed by atoms with van der Waals surface area (Å²) < 4.78 is 0. The van der Waals surface area contributed by atoms with Crippen molar-refractivity contribution in [1.29, 1.82) is 0 Å².